The Morgan fingerprint density at radius 2 is 1.72 bits per heavy atom. The molecule has 0 aromatic rings. The fourth-order valence-corrected chi connectivity index (χ4v) is 2.72. The van der Waals surface area contributed by atoms with E-state index < -0.39 is 11.4 Å². The molecule has 2 amide bonds. The Morgan fingerprint density at radius 1 is 1.17 bits per heavy atom. The Bertz CT molecular complexity index is 382. The van der Waals surface area contributed by atoms with Gasteiger partial charge in [0.2, 0.25) is 11.8 Å². The van der Waals surface area contributed by atoms with Crippen LogP contribution in [0.1, 0.15) is 32.1 Å². The monoisotopic (exact) mass is 254 g/mol. The largest absolute Gasteiger partial charge is 0.480 e. The molecular formula is C12H18N2O4. The number of hydrogen-bond donors (Lipinski definition) is 2. The van der Waals surface area contributed by atoms with E-state index in [0.29, 0.717) is 38.8 Å². The van der Waals surface area contributed by atoms with Gasteiger partial charge in [0.1, 0.15) is 5.41 Å². The lowest BCUT2D eigenvalue weighted by Gasteiger charge is -2.41. The molecule has 1 aliphatic carbocycles. The van der Waals surface area contributed by atoms with Gasteiger partial charge in [0.25, 0.3) is 0 Å². The second-order valence-corrected chi connectivity index (χ2v) is 5.21. The number of rotatable bonds is 3. The van der Waals surface area contributed by atoms with Crippen molar-refractivity contribution in [1.29, 1.82) is 0 Å². The molecule has 1 saturated heterocycles. The van der Waals surface area contributed by atoms with Gasteiger partial charge in [-0.15, -0.1) is 0 Å². The number of carboxylic acid groups (broad SMARTS) is 1. The minimum Gasteiger partial charge on any atom is -0.480 e. The van der Waals surface area contributed by atoms with Gasteiger partial charge in [-0.1, -0.05) is 6.42 Å². The molecule has 3 N–H and O–H groups in total. The maximum absolute atomic E-state index is 12.2. The fraction of sp³-hybridized carbons (Fsp3) is 0.750. The van der Waals surface area contributed by atoms with Gasteiger partial charge in [0.15, 0.2) is 0 Å². The van der Waals surface area contributed by atoms with Gasteiger partial charge < -0.3 is 15.7 Å². The number of likely N-dealkylation sites (tertiary alicyclic amines) is 1. The normalized spacial score (nSPS) is 23.2. The number of carbonyl (C=O) groups excluding carboxylic acids is 2. The van der Waals surface area contributed by atoms with Crippen molar-refractivity contribution >= 4 is 17.8 Å². The van der Waals surface area contributed by atoms with Crippen LogP contribution in [0.3, 0.4) is 0 Å². The summed E-state index contributed by atoms with van der Waals surface area (Å²) in [6.07, 6.45) is 2.72. The topological polar surface area (TPSA) is 101 Å². The van der Waals surface area contributed by atoms with E-state index in [1.807, 2.05) is 0 Å². The highest BCUT2D eigenvalue weighted by atomic mass is 16.4. The first-order valence-corrected chi connectivity index (χ1v) is 6.29. The average molecular weight is 254 g/mol. The van der Waals surface area contributed by atoms with E-state index >= 15 is 0 Å². The van der Waals surface area contributed by atoms with Crippen LogP contribution in [-0.4, -0.2) is 40.9 Å². The zero-order valence-corrected chi connectivity index (χ0v) is 10.2. The summed E-state index contributed by atoms with van der Waals surface area (Å²) >= 11 is 0. The maximum atomic E-state index is 12.2. The third-order valence-electron chi connectivity index (χ3n) is 4.21. The molecule has 0 radical (unpaired) electrons. The number of aliphatic carboxylic acids is 1. The molecule has 6 heteroatoms. The molecule has 1 saturated carbocycles. The third kappa shape index (κ3) is 1.95. The number of carbonyl (C=O) groups is 3. The Balaban J connectivity index is 1.99. The first-order chi connectivity index (χ1) is 8.47. The number of piperidine rings is 1. The molecular weight excluding hydrogens is 236 g/mol. The summed E-state index contributed by atoms with van der Waals surface area (Å²) in [6.45, 7) is 0.864. The number of nitrogens with zero attached hydrogens (tertiary/aromatic N) is 1. The van der Waals surface area contributed by atoms with E-state index in [2.05, 4.69) is 0 Å². The lowest BCUT2D eigenvalue weighted by atomic mass is 9.67. The molecule has 0 atom stereocenters. The van der Waals surface area contributed by atoms with Crippen LogP contribution in [0, 0.1) is 11.3 Å². The molecule has 0 unspecified atom stereocenters. The van der Waals surface area contributed by atoms with Crippen LogP contribution in [0.15, 0.2) is 0 Å². The molecule has 1 heterocycles. The molecule has 0 aromatic carbocycles. The molecule has 2 aliphatic rings. The predicted octanol–water partition coefficient (Wildman–Crippen LogP) is -0.0348. The summed E-state index contributed by atoms with van der Waals surface area (Å²) in [5.41, 5.74) is 4.03. The smallest absolute Gasteiger partial charge is 0.319 e. The zero-order chi connectivity index (χ0) is 13.3. The fourth-order valence-electron chi connectivity index (χ4n) is 2.72. The summed E-state index contributed by atoms with van der Waals surface area (Å²) in [5, 5.41) is 9.20. The molecule has 1 aliphatic heterocycles. The maximum Gasteiger partial charge on any atom is 0.319 e. The lowest BCUT2D eigenvalue weighted by molar-refractivity contribution is -0.168. The Labute approximate surface area is 105 Å². The Hall–Kier alpha value is -1.59. The van der Waals surface area contributed by atoms with E-state index in [9.17, 15) is 19.5 Å². The first-order valence-electron chi connectivity index (χ1n) is 6.29. The van der Waals surface area contributed by atoms with Gasteiger partial charge in [-0.2, -0.15) is 0 Å². The van der Waals surface area contributed by atoms with Crippen LogP contribution >= 0.6 is 0 Å². The van der Waals surface area contributed by atoms with Crippen LogP contribution < -0.4 is 5.73 Å². The summed E-state index contributed by atoms with van der Waals surface area (Å²) in [7, 11) is 0. The van der Waals surface area contributed by atoms with E-state index in [1.54, 1.807) is 4.90 Å². The van der Waals surface area contributed by atoms with Gasteiger partial charge in [0.05, 0.1) is 0 Å². The third-order valence-corrected chi connectivity index (χ3v) is 4.21. The van der Waals surface area contributed by atoms with E-state index in [4.69, 9.17) is 5.73 Å². The van der Waals surface area contributed by atoms with Gasteiger partial charge in [0, 0.05) is 19.0 Å². The highest BCUT2D eigenvalue weighted by Gasteiger charge is 2.53. The number of amides is 2. The van der Waals surface area contributed by atoms with Crippen molar-refractivity contribution in [1.82, 2.24) is 4.90 Å². The Kier molecular flexibility index (Phi) is 3.28. The van der Waals surface area contributed by atoms with Crippen molar-refractivity contribution in [3.8, 4) is 0 Å². The minimum absolute atomic E-state index is 0.184. The van der Waals surface area contributed by atoms with Crippen molar-refractivity contribution in [2.75, 3.05) is 13.1 Å². The molecule has 0 aromatic heterocycles. The van der Waals surface area contributed by atoms with Crippen molar-refractivity contribution in [2.45, 2.75) is 32.1 Å². The van der Waals surface area contributed by atoms with Crippen molar-refractivity contribution in [2.24, 2.45) is 17.1 Å². The Morgan fingerprint density at radius 3 is 2.06 bits per heavy atom. The molecule has 100 valence electrons. The molecule has 2 rings (SSSR count). The second kappa shape index (κ2) is 4.59. The van der Waals surface area contributed by atoms with Crippen LogP contribution in [0.25, 0.3) is 0 Å². The molecule has 0 spiro atoms. The van der Waals surface area contributed by atoms with Crippen LogP contribution in [0.2, 0.25) is 0 Å². The van der Waals surface area contributed by atoms with E-state index in [1.165, 1.54) is 0 Å². The number of nitrogens with two attached hydrogens (primary N) is 1. The van der Waals surface area contributed by atoms with Gasteiger partial charge in [-0.25, -0.2) is 0 Å². The van der Waals surface area contributed by atoms with Crippen molar-refractivity contribution < 1.29 is 19.5 Å². The predicted molar refractivity (Wildman–Crippen MR) is 62.4 cm³/mol. The highest BCUT2D eigenvalue weighted by molar-refractivity contribution is 6.02. The van der Waals surface area contributed by atoms with Crippen LogP contribution in [0.4, 0.5) is 0 Å². The van der Waals surface area contributed by atoms with Gasteiger partial charge in [-0.3, -0.25) is 14.4 Å². The summed E-state index contributed by atoms with van der Waals surface area (Å²) in [6, 6.07) is 0. The standard InChI is InChI=1S/C12H18N2O4/c13-9(15)8-2-6-14(7-3-8)10(16)12(11(17)18)4-1-5-12/h8H,1-7H2,(H2,13,15)(H,17,18). The van der Waals surface area contributed by atoms with Crippen LogP contribution in [-0.2, 0) is 14.4 Å². The number of carboxylic acids is 1. The number of primary amides is 1. The molecule has 0 bridgehead atoms. The SMILES string of the molecule is NC(=O)C1CCN(C(=O)C2(C(=O)O)CCC2)CC1. The van der Waals surface area contributed by atoms with Crippen molar-refractivity contribution in [3.63, 3.8) is 0 Å². The zero-order valence-electron chi connectivity index (χ0n) is 10.2. The molecule has 2 fully saturated rings. The quantitative estimate of drug-likeness (QED) is 0.690. The summed E-state index contributed by atoms with van der Waals surface area (Å²) in [5.74, 6) is -1.82. The summed E-state index contributed by atoms with van der Waals surface area (Å²) in [4.78, 5) is 36.1. The van der Waals surface area contributed by atoms with Gasteiger partial charge >= 0.3 is 5.97 Å². The number of hydrogen-bond acceptors (Lipinski definition) is 3. The minimum atomic E-state index is -1.19. The molecule has 18 heavy (non-hydrogen) atoms. The van der Waals surface area contributed by atoms with E-state index in [0.717, 1.165) is 6.42 Å². The van der Waals surface area contributed by atoms with E-state index in [-0.39, 0.29) is 17.7 Å². The lowest BCUT2D eigenvalue weighted by Crippen LogP contribution is -2.54. The first kappa shape index (κ1) is 12.9. The molecule has 6 nitrogen and oxygen atoms in total. The van der Waals surface area contributed by atoms with Crippen molar-refractivity contribution in [3.05, 3.63) is 0 Å². The summed E-state index contributed by atoms with van der Waals surface area (Å²) < 4.78 is 0. The second-order valence-electron chi connectivity index (χ2n) is 5.21. The van der Waals surface area contributed by atoms with Crippen LogP contribution in [0.5, 0.6) is 0 Å². The average Bonchev–Trinajstić information content (AvgIpc) is 2.27. The van der Waals surface area contributed by atoms with Gasteiger partial charge in [-0.05, 0) is 25.7 Å². The highest BCUT2D eigenvalue weighted by Crippen LogP contribution is 2.43.